The van der Waals surface area contributed by atoms with Gasteiger partial charge in [-0.05, 0) is 31.5 Å². The molecular formula is C18H28ClNO4. The molecule has 0 fully saturated rings. The molecule has 136 valence electrons. The van der Waals surface area contributed by atoms with Gasteiger partial charge in [0, 0.05) is 19.9 Å². The molecule has 1 amide bonds. The van der Waals surface area contributed by atoms with E-state index < -0.39 is 5.60 Å². The van der Waals surface area contributed by atoms with Crippen molar-refractivity contribution in [2.45, 2.75) is 45.1 Å². The van der Waals surface area contributed by atoms with E-state index >= 15 is 0 Å². The molecule has 0 saturated carbocycles. The fourth-order valence-corrected chi connectivity index (χ4v) is 2.45. The predicted molar refractivity (Wildman–Crippen MR) is 97.0 cm³/mol. The molecule has 24 heavy (non-hydrogen) atoms. The molecule has 0 spiro atoms. The van der Waals surface area contributed by atoms with Crippen LogP contribution in [0.4, 0.5) is 5.69 Å². The normalized spacial score (nSPS) is 13.4. The van der Waals surface area contributed by atoms with Crippen LogP contribution in [-0.2, 0) is 14.3 Å². The Morgan fingerprint density at radius 2 is 2.00 bits per heavy atom. The molecule has 1 aromatic rings. The highest BCUT2D eigenvalue weighted by molar-refractivity contribution is 6.32. The van der Waals surface area contributed by atoms with Crippen LogP contribution in [0.3, 0.4) is 0 Å². The molecule has 0 heterocycles. The summed E-state index contributed by atoms with van der Waals surface area (Å²) in [4.78, 5) is 12.5. The highest BCUT2D eigenvalue weighted by Gasteiger charge is 2.32. The number of carbonyl (C=O) groups is 1. The highest BCUT2D eigenvalue weighted by atomic mass is 35.5. The second kappa shape index (κ2) is 10.5. The van der Waals surface area contributed by atoms with Crippen molar-refractivity contribution in [3.05, 3.63) is 23.2 Å². The van der Waals surface area contributed by atoms with Crippen molar-refractivity contribution in [2.24, 2.45) is 0 Å². The van der Waals surface area contributed by atoms with Crippen LogP contribution in [0.2, 0.25) is 5.02 Å². The zero-order valence-corrected chi connectivity index (χ0v) is 15.7. The van der Waals surface area contributed by atoms with E-state index in [0.717, 1.165) is 19.3 Å². The molecular weight excluding hydrogens is 330 g/mol. The summed E-state index contributed by atoms with van der Waals surface area (Å²) in [5, 5.41) is 3.31. The van der Waals surface area contributed by atoms with Crippen LogP contribution < -0.4 is 10.1 Å². The second-order valence-corrected chi connectivity index (χ2v) is 6.24. The molecule has 1 unspecified atom stereocenters. The Bertz CT molecular complexity index is 524. The van der Waals surface area contributed by atoms with Crippen molar-refractivity contribution < 1.29 is 19.0 Å². The highest BCUT2D eigenvalue weighted by Crippen LogP contribution is 2.29. The molecule has 5 nitrogen and oxygen atoms in total. The monoisotopic (exact) mass is 357 g/mol. The number of ether oxygens (including phenoxy) is 3. The summed E-state index contributed by atoms with van der Waals surface area (Å²) >= 11 is 6.19. The lowest BCUT2D eigenvalue weighted by Gasteiger charge is -2.27. The number of rotatable bonds is 11. The summed E-state index contributed by atoms with van der Waals surface area (Å²) in [6, 6.07) is 5.16. The zero-order valence-electron chi connectivity index (χ0n) is 15.0. The van der Waals surface area contributed by atoms with Crippen molar-refractivity contribution >= 4 is 23.2 Å². The summed E-state index contributed by atoms with van der Waals surface area (Å²) < 4.78 is 15.9. The predicted octanol–water partition coefficient (Wildman–Crippen LogP) is 4.29. The summed E-state index contributed by atoms with van der Waals surface area (Å²) in [5.41, 5.74) is -0.238. The van der Waals surface area contributed by atoms with Gasteiger partial charge >= 0.3 is 0 Å². The molecule has 6 heteroatoms. The van der Waals surface area contributed by atoms with Crippen LogP contribution in [0.1, 0.15) is 39.5 Å². The molecule has 1 N–H and O–H groups in total. The minimum absolute atomic E-state index is 0.176. The number of halogens is 1. The van der Waals surface area contributed by atoms with Gasteiger partial charge in [0.25, 0.3) is 5.91 Å². The van der Waals surface area contributed by atoms with Crippen LogP contribution >= 0.6 is 11.6 Å². The molecule has 1 atom stereocenters. The maximum absolute atomic E-state index is 12.5. The van der Waals surface area contributed by atoms with Crippen molar-refractivity contribution in [3.63, 3.8) is 0 Å². The number of methoxy groups -OCH3 is 2. The Hall–Kier alpha value is -1.30. The van der Waals surface area contributed by atoms with Gasteiger partial charge in [-0.25, -0.2) is 0 Å². The third kappa shape index (κ3) is 6.30. The first-order chi connectivity index (χ1) is 11.5. The molecule has 1 rings (SSSR count). The summed E-state index contributed by atoms with van der Waals surface area (Å²) in [6.07, 6.45) is 3.80. The average Bonchev–Trinajstić information content (AvgIpc) is 2.57. The number of carbonyl (C=O) groups excluding carboxylic acids is 1. The molecule has 0 radical (unpaired) electrons. The molecule has 0 saturated heterocycles. The van der Waals surface area contributed by atoms with E-state index in [2.05, 4.69) is 12.2 Å². The van der Waals surface area contributed by atoms with Gasteiger partial charge in [0.2, 0.25) is 0 Å². The molecule has 0 aliphatic carbocycles. The minimum atomic E-state index is -0.852. The third-order valence-electron chi connectivity index (χ3n) is 3.92. The number of hydrogen-bond donors (Lipinski definition) is 1. The topological polar surface area (TPSA) is 56.8 Å². The SMILES string of the molecule is CCCCCC(C)(OC)C(=O)Nc1ccc(OCCOC)c(Cl)c1. The summed E-state index contributed by atoms with van der Waals surface area (Å²) in [7, 11) is 3.17. The van der Waals surface area contributed by atoms with Gasteiger partial charge in [-0.1, -0.05) is 37.8 Å². The van der Waals surface area contributed by atoms with Crippen LogP contribution in [-0.4, -0.2) is 38.9 Å². The van der Waals surface area contributed by atoms with Crippen LogP contribution in [0.15, 0.2) is 18.2 Å². The molecule has 0 aromatic heterocycles. The molecule has 0 aliphatic heterocycles. The van der Waals surface area contributed by atoms with E-state index in [4.69, 9.17) is 25.8 Å². The van der Waals surface area contributed by atoms with E-state index in [0.29, 0.717) is 36.1 Å². The van der Waals surface area contributed by atoms with E-state index in [1.54, 1.807) is 32.4 Å². The van der Waals surface area contributed by atoms with E-state index in [1.165, 1.54) is 0 Å². The van der Waals surface area contributed by atoms with Gasteiger partial charge in [0.05, 0.1) is 11.6 Å². The van der Waals surface area contributed by atoms with Crippen LogP contribution in [0.5, 0.6) is 5.75 Å². The maximum Gasteiger partial charge on any atom is 0.256 e. The molecule has 0 aliphatic rings. The van der Waals surface area contributed by atoms with Crippen molar-refractivity contribution in [1.82, 2.24) is 0 Å². The first-order valence-corrected chi connectivity index (χ1v) is 8.62. The number of benzene rings is 1. The van der Waals surface area contributed by atoms with Crippen molar-refractivity contribution in [2.75, 3.05) is 32.8 Å². The number of nitrogens with one attached hydrogen (secondary N) is 1. The Kier molecular flexibility index (Phi) is 9.11. The fourth-order valence-electron chi connectivity index (χ4n) is 2.21. The number of unbranched alkanes of at least 4 members (excludes halogenated alkanes) is 2. The quantitative estimate of drug-likeness (QED) is 0.600. The lowest BCUT2D eigenvalue weighted by atomic mass is 9.97. The van der Waals surface area contributed by atoms with Gasteiger partial charge < -0.3 is 19.5 Å². The lowest BCUT2D eigenvalue weighted by Crippen LogP contribution is -2.41. The first-order valence-electron chi connectivity index (χ1n) is 8.24. The first kappa shape index (κ1) is 20.7. The molecule has 0 bridgehead atoms. The minimum Gasteiger partial charge on any atom is -0.490 e. The van der Waals surface area contributed by atoms with Gasteiger partial charge in [0.15, 0.2) is 0 Å². The van der Waals surface area contributed by atoms with E-state index in [9.17, 15) is 4.79 Å². The van der Waals surface area contributed by atoms with Crippen LogP contribution in [0.25, 0.3) is 0 Å². The Balaban J connectivity index is 2.69. The molecule has 1 aromatic carbocycles. The van der Waals surface area contributed by atoms with Crippen molar-refractivity contribution in [1.29, 1.82) is 0 Å². The van der Waals surface area contributed by atoms with Crippen molar-refractivity contribution in [3.8, 4) is 5.75 Å². The smallest absolute Gasteiger partial charge is 0.256 e. The number of hydrogen-bond acceptors (Lipinski definition) is 4. The summed E-state index contributed by atoms with van der Waals surface area (Å²) in [6.45, 7) is 4.84. The maximum atomic E-state index is 12.5. The van der Waals surface area contributed by atoms with Gasteiger partial charge in [-0.15, -0.1) is 0 Å². The third-order valence-corrected chi connectivity index (χ3v) is 4.22. The van der Waals surface area contributed by atoms with Crippen LogP contribution in [0, 0.1) is 0 Å². The second-order valence-electron chi connectivity index (χ2n) is 5.83. The number of amides is 1. The van der Waals surface area contributed by atoms with Gasteiger partial charge in [-0.2, -0.15) is 0 Å². The van der Waals surface area contributed by atoms with E-state index in [-0.39, 0.29) is 5.91 Å². The Morgan fingerprint density at radius 3 is 2.58 bits per heavy atom. The van der Waals surface area contributed by atoms with Gasteiger partial charge in [0.1, 0.15) is 18.0 Å². The largest absolute Gasteiger partial charge is 0.490 e. The standard InChI is InChI=1S/C18H28ClNO4/c1-5-6-7-10-18(2,23-4)17(21)20-14-8-9-16(15(19)13-14)24-12-11-22-3/h8-9,13H,5-7,10-12H2,1-4H3,(H,20,21). The Labute approximate surface area is 149 Å². The van der Waals surface area contributed by atoms with Gasteiger partial charge in [-0.3, -0.25) is 4.79 Å². The Morgan fingerprint density at radius 1 is 1.25 bits per heavy atom. The number of anilines is 1. The summed E-state index contributed by atoms with van der Waals surface area (Å²) in [5.74, 6) is 0.384. The lowest BCUT2D eigenvalue weighted by molar-refractivity contribution is -0.136. The zero-order chi connectivity index (χ0) is 18.0. The average molecular weight is 358 g/mol. The fraction of sp³-hybridized carbons (Fsp3) is 0.611. The van der Waals surface area contributed by atoms with E-state index in [1.807, 2.05) is 6.92 Å².